The van der Waals surface area contributed by atoms with Crippen LogP contribution in [0.25, 0.3) is 0 Å². The fourth-order valence-corrected chi connectivity index (χ4v) is 3.78. The van der Waals surface area contributed by atoms with Gasteiger partial charge in [-0.2, -0.15) is 0 Å². The zero-order valence-corrected chi connectivity index (χ0v) is 16.2. The maximum absolute atomic E-state index is 12.4. The van der Waals surface area contributed by atoms with E-state index in [9.17, 15) is 14.2 Å². The molecule has 130 valence electrons. The number of carbonyl (C=O) groups is 2. The summed E-state index contributed by atoms with van der Waals surface area (Å²) in [5.74, 6) is -0.140. The van der Waals surface area contributed by atoms with E-state index in [2.05, 4.69) is 9.82 Å². The molecule has 0 spiro atoms. The normalized spacial score (nSPS) is 16.2. The number of methoxy groups -OCH3 is 1. The van der Waals surface area contributed by atoms with E-state index in [4.69, 9.17) is 4.52 Å². The topological polar surface area (TPSA) is 81.7 Å². The van der Waals surface area contributed by atoms with Crippen molar-refractivity contribution in [1.29, 1.82) is 0 Å². The van der Waals surface area contributed by atoms with E-state index in [0.29, 0.717) is 5.75 Å². The Kier molecular flexibility index (Phi) is 8.91. The van der Waals surface area contributed by atoms with Crippen molar-refractivity contribution >= 4 is 30.4 Å². The molecule has 0 saturated carbocycles. The number of nitrogens with one attached hydrogen (secondary N) is 1. The second kappa shape index (κ2) is 9.06. The third-order valence-corrected chi connectivity index (χ3v) is 5.43. The molecule has 1 unspecified atom stereocenters. The Morgan fingerprint density at radius 3 is 2.23 bits per heavy atom. The van der Waals surface area contributed by atoms with Gasteiger partial charge in [-0.05, 0) is 5.92 Å². The van der Waals surface area contributed by atoms with Crippen molar-refractivity contribution in [3.8, 4) is 0 Å². The van der Waals surface area contributed by atoms with E-state index in [-0.39, 0.29) is 17.6 Å². The molecule has 0 rings (SSSR count). The van der Waals surface area contributed by atoms with E-state index in [1.54, 1.807) is 0 Å². The van der Waals surface area contributed by atoms with Crippen molar-refractivity contribution < 1.29 is 23.4 Å². The lowest BCUT2D eigenvalue weighted by Crippen LogP contribution is -2.40. The molecule has 0 aliphatic rings. The molecule has 0 radical (unpaired) electrons. The molecule has 0 amide bonds. The van der Waals surface area contributed by atoms with E-state index < -0.39 is 24.9 Å². The molecule has 0 heterocycles. The molecule has 2 atom stereocenters. The van der Waals surface area contributed by atoms with Crippen molar-refractivity contribution in [2.45, 2.75) is 40.7 Å². The molecule has 22 heavy (non-hydrogen) atoms. The zero-order chi connectivity index (χ0) is 17.6. The molecule has 0 aliphatic heterocycles. The van der Waals surface area contributed by atoms with Crippen LogP contribution in [-0.4, -0.2) is 43.3 Å². The summed E-state index contributed by atoms with van der Waals surface area (Å²) in [4.78, 5) is 23.4. The van der Waals surface area contributed by atoms with Crippen molar-refractivity contribution in [1.82, 2.24) is 5.09 Å². The molecule has 0 saturated heterocycles. The van der Waals surface area contributed by atoms with Crippen molar-refractivity contribution in [3.05, 3.63) is 0 Å². The monoisotopic (exact) mass is 353 g/mol. The molecule has 0 bridgehead atoms. The maximum atomic E-state index is 12.4. The SMILES string of the molecule is COC(=O)[C@@H](NP(C)(=O)OCCSC(=O)C(C)(C)C)C(C)C. The highest BCUT2D eigenvalue weighted by molar-refractivity contribution is 8.13. The molecule has 0 aliphatic carbocycles. The third kappa shape index (κ3) is 8.32. The van der Waals surface area contributed by atoms with Crippen molar-refractivity contribution in [3.63, 3.8) is 0 Å². The Morgan fingerprint density at radius 1 is 1.27 bits per heavy atom. The average molecular weight is 353 g/mol. The van der Waals surface area contributed by atoms with Gasteiger partial charge in [0.25, 0.3) is 7.52 Å². The van der Waals surface area contributed by atoms with Crippen molar-refractivity contribution in [2.75, 3.05) is 26.1 Å². The number of esters is 1. The lowest BCUT2D eigenvalue weighted by atomic mass is 10.00. The van der Waals surface area contributed by atoms with Gasteiger partial charge in [0, 0.05) is 17.8 Å². The van der Waals surface area contributed by atoms with Gasteiger partial charge in [0.05, 0.1) is 13.7 Å². The number of thioether (sulfide) groups is 1. The van der Waals surface area contributed by atoms with Crippen LogP contribution in [0, 0.1) is 11.3 Å². The summed E-state index contributed by atoms with van der Waals surface area (Å²) in [7, 11) is -1.86. The number of hydrogen-bond donors (Lipinski definition) is 1. The van der Waals surface area contributed by atoms with E-state index >= 15 is 0 Å². The highest BCUT2D eigenvalue weighted by Gasteiger charge is 2.30. The first-order valence-electron chi connectivity index (χ1n) is 7.15. The highest BCUT2D eigenvalue weighted by Crippen LogP contribution is 2.39. The summed E-state index contributed by atoms with van der Waals surface area (Å²) in [6, 6.07) is -0.690. The van der Waals surface area contributed by atoms with Crippen LogP contribution in [-0.2, 0) is 23.4 Å². The largest absolute Gasteiger partial charge is 0.468 e. The van der Waals surface area contributed by atoms with Gasteiger partial charge >= 0.3 is 5.97 Å². The van der Waals surface area contributed by atoms with Gasteiger partial charge in [-0.1, -0.05) is 46.4 Å². The summed E-state index contributed by atoms with van der Waals surface area (Å²) < 4.78 is 22.4. The fraction of sp³-hybridized carbons (Fsp3) is 0.857. The van der Waals surface area contributed by atoms with Crippen LogP contribution >= 0.6 is 19.3 Å². The van der Waals surface area contributed by atoms with Gasteiger partial charge < -0.3 is 9.26 Å². The maximum Gasteiger partial charge on any atom is 0.323 e. The summed E-state index contributed by atoms with van der Waals surface area (Å²) in [6.45, 7) is 10.8. The van der Waals surface area contributed by atoms with Gasteiger partial charge in [-0.3, -0.25) is 14.2 Å². The summed E-state index contributed by atoms with van der Waals surface area (Å²) >= 11 is 1.16. The molecule has 0 aromatic rings. The van der Waals surface area contributed by atoms with Crippen LogP contribution in [0.4, 0.5) is 0 Å². The Hall–Kier alpha value is -0.360. The standard InChI is InChI=1S/C14H28NO5PS/c1-10(2)11(12(16)19-6)15-21(7,18)20-8-9-22-13(17)14(3,4)5/h10-11H,8-9H2,1-7H3,(H,15,18)/t11-,21?/m0/s1. The predicted molar refractivity (Wildman–Crippen MR) is 90.2 cm³/mol. The Labute approximate surface area is 137 Å². The minimum Gasteiger partial charge on any atom is -0.468 e. The Balaban J connectivity index is 4.38. The van der Waals surface area contributed by atoms with Crippen LogP contribution in [0.1, 0.15) is 34.6 Å². The summed E-state index contributed by atoms with van der Waals surface area (Å²) in [5, 5.41) is 2.79. The molecule has 6 nitrogen and oxygen atoms in total. The number of carbonyl (C=O) groups excluding carboxylic acids is 2. The quantitative estimate of drug-likeness (QED) is 0.408. The van der Waals surface area contributed by atoms with Crippen LogP contribution in [0.5, 0.6) is 0 Å². The van der Waals surface area contributed by atoms with Gasteiger partial charge in [-0.25, -0.2) is 5.09 Å². The molecular weight excluding hydrogens is 325 g/mol. The fourth-order valence-electron chi connectivity index (χ4n) is 1.45. The minimum atomic E-state index is -3.15. The van der Waals surface area contributed by atoms with Gasteiger partial charge in [0.1, 0.15) is 6.04 Å². The van der Waals surface area contributed by atoms with Crippen molar-refractivity contribution in [2.24, 2.45) is 11.3 Å². The van der Waals surface area contributed by atoms with Crippen LogP contribution < -0.4 is 5.09 Å². The second-order valence-electron chi connectivity index (χ2n) is 6.44. The first-order chi connectivity index (χ1) is 9.90. The third-order valence-electron chi connectivity index (χ3n) is 2.76. The van der Waals surface area contributed by atoms with E-state index in [1.165, 1.54) is 13.8 Å². The lowest BCUT2D eigenvalue weighted by Gasteiger charge is -2.24. The molecule has 0 fully saturated rings. The average Bonchev–Trinajstić information content (AvgIpc) is 2.38. The summed E-state index contributed by atoms with van der Waals surface area (Å²) in [6.07, 6.45) is 0. The molecular formula is C14H28NO5PS. The zero-order valence-electron chi connectivity index (χ0n) is 14.5. The molecule has 0 aromatic heterocycles. The second-order valence-corrected chi connectivity index (χ2v) is 9.71. The number of rotatable bonds is 8. The van der Waals surface area contributed by atoms with E-state index in [0.717, 1.165) is 11.8 Å². The van der Waals surface area contributed by atoms with E-state index in [1.807, 2.05) is 34.6 Å². The highest BCUT2D eigenvalue weighted by atomic mass is 32.2. The lowest BCUT2D eigenvalue weighted by molar-refractivity contribution is -0.143. The first-order valence-corrected chi connectivity index (χ1v) is 10.2. The molecule has 8 heteroatoms. The van der Waals surface area contributed by atoms with Gasteiger partial charge in [0.2, 0.25) is 0 Å². The Morgan fingerprint density at radius 2 is 1.82 bits per heavy atom. The van der Waals surface area contributed by atoms with Crippen LogP contribution in [0.15, 0.2) is 0 Å². The number of ether oxygens (including phenoxy) is 1. The number of hydrogen-bond acceptors (Lipinski definition) is 6. The van der Waals surface area contributed by atoms with Crippen LogP contribution in [0.3, 0.4) is 0 Å². The Bertz CT molecular complexity index is 433. The van der Waals surface area contributed by atoms with Gasteiger partial charge in [0.15, 0.2) is 5.12 Å². The minimum absolute atomic E-state index is 0.0598. The smallest absolute Gasteiger partial charge is 0.323 e. The molecule has 1 N–H and O–H groups in total. The predicted octanol–water partition coefficient (Wildman–Crippen LogP) is 2.92. The van der Waals surface area contributed by atoms with Crippen LogP contribution in [0.2, 0.25) is 0 Å². The summed E-state index contributed by atoms with van der Waals surface area (Å²) in [5.41, 5.74) is -0.410. The molecule has 0 aromatic carbocycles. The van der Waals surface area contributed by atoms with Gasteiger partial charge in [-0.15, -0.1) is 0 Å². The first kappa shape index (κ1) is 21.6.